The molecule has 0 radical (unpaired) electrons. The average molecular weight is 167 g/mol. The molecule has 0 amide bonds. The van der Waals surface area contributed by atoms with Crippen LogP contribution < -0.4 is 0 Å². The third kappa shape index (κ3) is 1.37. The molecule has 4 nitrogen and oxygen atoms in total. The summed E-state index contributed by atoms with van der Waals surface area (Å²) in [6.07, 6.45) is 0.758. The fourth-order valence-electron chi connectivity index (χ4n) is 1.25. The molecule has 66 valence electrons. The number of carbonyl (C=O) groups excluding carboxylic acids is 1. The van der Waals surface area contributed by atoms with Crippen molar-refractivity contribution in [3.8, 4) is 0 Å². The molecule has 0 atom stereocenters. The maximum Gasteiger partial charge on any atom is 0.172 e. The molecule has 0 aliphatic rings. The number of hydrogen-bond acceptors (Lipinski definition) is 3. The zero-order valence-electron chi connectivity index (χ0n) is 7.61. The van der Waals surface area contributed by atoms with Gasteiger partial charge in [0.2, 0.25) is 0 Å². The monoisotopic (exact) mass is 167 g/mol. The van der Waals surface area contributed by atoms with Gasteiger partial charge in [0.05, 0.1) is 5.69 Å². The van der Waals surface area contributed by atoms with E-state index in [1.165, 1.54) is 0 Å². The first-order valence-corrected chi connectivity index (χ1v) is 4.09. The Balaban J connectivity index is 3.16. The molecule has 0 aromatic carbocycles. The molecule has 1 aromatic rings. The second-order valence-electron chi connectivity index (χ2n) is 2.95. The second kappa shape index (κ2) is 3.47. The topological polar surface area (TPSA) is 47.8 Å². The van der Waals surface area contributed by atoms with Gasteiger partial charge in [0.15, 0.2) is 6.29 Å². The van der Waals surface area contributed by atoms with Crippen LogP contribution in [0, 0.1) is 0 Å². The SMILES string of the molecule is CCn1nnc(C=O)c1C(C)C. The van der Waals surface area contributed by atoms with Gasteiger partial charge in [0.25, 0.3) is 0 Å². The maximum absolute atomic E-state index is 10.5. The summed E-state index contributed by atoms with van der Waals surface area (Å²) in [7, 11) is 0. The van der Waals surface area contributed by atoms with Crippen molar-refractivity contribution in [2.24, 2.45) is 0 Å². The predicted octanol–water partition coefficient (Wildman–Crippen LogP) is 1.23. The van der Waals surface area contributed by atoms with E-state index in [0.29, 0.717) is 11.6 Å². The lowest BCUT2D eigenvalue weighted by Crippen LogP contribution is -2.05. The molecule has 4 heteroatoms. The molecule has 0 aliphatic heterocycles. The van der Waals surface area contributed by atoms with Crippen molar-refractivity contribution in [2.75, 3.05) is 0 Å². The van der Waals surface area contributed by atoms with E-state index in [0.717, 1.165) is 18.5 Å². The number of nitrogens with zero attached hydrogens (tertiary/aromatic N) is 3. The average Bonchev–Trinajstić information content (AvgIpc) is 2.46. The lowest BCUT2D eigenvalue weighted by atomic mass is 10.1. The van der Waals surface area contributed by atoms with E-state index in [1.807, 2.05) is 20.8 Å². The highest BCUT2D eigenvalue weighted by Gasteiger charge is 2.13. The van der Waals surface area contributed by atoms with E-state index in [2.05, 4.69) is 10.3 Å². The summed E-state index contributed by atoms with van der Waals surface area (Å²) < 4.78 is 1.76. The fraction of sp³-hybridized carbons (Fsp3) is 0.625. The Kier molecular flexibility index (Phi) is 2.58. The number of aldehydes is 1. The lowest BCUT2D eigenvalue weighted by molar-refractivity contribution is 0.111. The van der Waals surface area contributed by atoms with Crippen LogP contribution in [0.5, 0.6) is 0 Å². The van der Waals surface area contributed by atoms with Crippen LogP contribution in [0.3, 0.4) is 0 Å². The highest BCUT2D eigenvalue weighted by molar-refractivity contribution is 5.73. The molecule has 0 fully saturated rings. The molecule has 0 aliphatic carbocycles. The first-order chi connectivity index (χ1) is 5.70. The zero-order chi connectivity index (χ0) is 9.14. The summed E-state index contributed by atoms with van der Waals surface area (Å²) in [6.45, 7) is 6.79. The smallest absolute Gasteiger partial charge is 0.172 e. The molecule has 0 bridgehead atoms. The van der Waals surface area contributed by atoms with E-state index >= 15 is 0 Å². The van der Waals surface area contributed by atoms with Gasteiger partial charge in [-0.1, -0.05) is 19.1 Å². The Morgan fingerprint density at radius 2 is 2.25 bits per heavy atom. The Morgan fingerprint density at radius 3 is 2.67 bits per heavy atom. The van der Waals surface area contributed by atoms with Crippen LogP contribution in [0.25, 0.3) is 0 Å². The van der Waals surface area contributed by atoms with Crippen molar-refractivity contribution >= 4 is 6.29 Å². The van der Waals surface area contributed by atoms with Crippen molar-refractivity contribution in [2.45, 2.75) is 33.2 Å². The first kappa shape index (κ1) is 8.90. The zero-order valence-corrected chi connectivity index (χ0v) is 7.61. The summed E-state index contributed by atoms with van der Waals surface area (Å²) in [5, 5.41) is 7.63. The van der Waals surface area contributed by atoms with Crippen LogP contribution in [0.2, 0.25) is 0 Å². The number of carbonyl (C=O) groups is 1. The van der Waals surface area contributed by atoms with E-state index in [4.69, 9.17) is 0 Å². The van der Waals surface area contributed by atoms with Crippen LogP contribution in [-0.4, -0.2) is 21.3 Å². The quantitative estimate of drug-likeness (QED) is 0.636. The molecular formula is C8H13N3O. The predicted molar refractivity (Wildman–Crippen MR) is 45.2 cm³/mol. The molecule has 1 aromatic heterocycles. The normalized spacial score (nSPS) is 10.7. The number of aromatic nitrogens is 3. The molecule has 1 rings (SSSR count). The van der Waals surface area contributed by atoms with Crippen molar-refractivity contribution < 1.29 is 4.79 Å². The van der Waals surface area contributed by atoms with E-state index in [-0.39, 0.29) is 0 Å². The van der Waals surface area contributed by atoms with Gasteiger partial charge in [-0.25, -0.2) is 4.68 Å². The van der Waals surface area contributed by atoms with Gasteiger partial charge in [0, 0.05) is 6.54 Å². The van der Waals surface area contributed by atoms with Crippen molar-refractivity contribution in [3.63, 3.8) is 0 Å². The standard InChI is InChI=1S/C8H13N3O/c1-4-11-8(6(2)3)7(5-12)9-10-11/h5-6H,4H2,1-3H3. The highest BCUT2D eigenvalue weighted by atomic mass is 16.1. The highest BCUT2D eigenvalue weighted by Crippen LogP contribution is 2.15. The Labute approximate surface area is 71.6 Å². The summed E-state index contributed by atoms with van der Waals surface area (Å²) >= 11 is 0. The van der Waals surface area contributed by atoms with Gasteiger partial charge in [-0.05, 0) is 12.8 Å². The Hall–Kier alpha value is -1.19. The fourth-order valence-corrected chi connectivity index (χ4v) is 1.25. The van der Waals surface area contributed by atoms with E-state index in [9.17, 15) is 4.79 Å². The third-order valence-electron chi connectivity index (χ3n) is 1.76. The van der Waals surface area contributed by atoms with Gasteiger partial charge in [-0.15, -0.1) is 5.10 Å². The largest absolute Gasteiger partial charge is 0.296 e. The minimum Gasteiger partial charge on any atom is -0.296 e. The number of hydrogen-bond donors (Lipinski definition) is 0. The van der Waals surface area contributed by atoms with Gasteiger partial charge in [0.1, 0.15) is 5.69 Å². The van der Waals surface area contributed by atoms with Gasteiger partial charge in [-0.2, -0.15) is 0 Å². The molecule has 0 unspecified atom stereocenters. The third-order valence-corrected chi connectivity index (χ3v) is 1.76. The van der Waals surface area contributed by atoms with Gasteiger partial charge >= 0.3 is 0 Å². The van der Waals surface area contributed by atoms with Crippen LogP contribution >= 0.6 is 0 Å². The summed E-state index contributed by atoms with van der Waals surface area (Å²) in [5.41, 5.74) is 1.39. The minimum atomic E-state index is 0.292. The van der Waals surface area contributed by atoms with Gasteiger partial charge in [-0.3, -0.25) is 4.79 Å². The summed E-state index contributed by atoms with van der Waals surface area (Å²) in [4.78, 5) is 10.5. The second-order valence-corrected chi connectivity index (χ2v) is 2.95. The van der Waals surface area contributed by atoms with Crippen LogP contribution in [0.15, 0.2) is 0 Å². The lowest BCUT2D eigenvalue weighted by Gasteiger charge is -2.06. The Morgan fingerprint density at radius 1 is 1.58 bits per heavy atom. The van der Waals surface area contributed by atoms with Crippen LogP contribution in [-0.2, 0) is 6.54 Å². The molecule has 0 N–H and O–H groups in total. The first-order valence-electron chi connectivity index (χ1n) is 4.09. The van der Waals surface area contributed by atoms with Crippen LogP contribution in [0.1, 0.15) is 42.9 Å². The van der Waals surface area contributed by atoms with Gasteiger partial charge < -0.3 is 0 Å². The molecule has 12 heavy (non-hydrogen) atoms. The van der Waals surface area contributed by atoms with Crippen LogP contribution in [0.4, 0.5) is 0 Å². The molecule has 0 spiro atoms. The minimum absolute atomic E-state index is 0.292. The number of rotatable bonds is 3. The molecule has 1 heterocycles. The van der Waals surface area contributed by atoms with Crippen molar-refractivity contribution in [3.05, 3.63) is 11.4 Å². The van der Waals surface area contributed by atoms with E-state index in [1.54, 1.807) is 4.68 Å². The Bertz CT molecular complexity index is 278. The number of aryl methyl sites for hydroxylation is 1. The van der Waals surface area contributed by atoms with Crippen molar-refractivity contribution in [1.82, 2.24) is 15.0 Å². The summed E-state index contributed by atoms with van der Waals surface area (Å²) in [6, 6.07) is 0. The summed E-state index contributed by atoms with van der Waals surface area (Å²) in [5.74, 6) is 0.292. The molecule has 0 saturated carbocycles. The molecular weight excluding hydrogens is 154 g/mol. The maximum atomic E-state index is 10.5. The molecule has 0 saturated heterocycles. The van der Waals surface area contributed by atoms with E-state index < -0.39 is 0 Å². The van der Waals surface area contributed by atoms with Crippen molar-refractivity contribution in [1.29, 1.82) is 0 Å².